The Hall–Kier alpha value is -3.28. The van der Waals surface area contributed by atoms with Crippen LogP contribution in [-0.4, -0.2) is 40.6 Å². The minimum Gasteiger partial charge on any atom is -0.339 e. The summed E-state index contributed by atoms with van der Waals surface area (Å²) in [6.07, 6.45) is 7.46. The van der Waals surface area contributed by atoms with E-state index in [1.807, 2.05) is 36.4 Å². The van der Waals surface area contributed by atoms with Gasteiger partial charge in [-0.25, -0.2) is 4.98 Å². The SMILES string of the molecule is O=C1CCc2cc(/C=C/C(=O)N3CCC(C(=O)c4ccccc4)CC3)cnc2N1. The first-order valence-corrected chi connectivity index (χ1v) is 9.95. The van der Waals surface area contributed by atoms with Gasteiger partial charge in [-0.1, -0.05) is 30.3 Å². The van der Waals surface area contributed by atoms with Gasteiger partial charge in [-0.3, -0.25) is 14.4 Å². The molecule has 1 N–H and O–H groups in total. The number of pyridine rings is 1. The van der Waals surface area contributed by atoms with Crippen molar-refractivity contribution < 1.29 is 14.4 Å². The number of aryl methyl sites for hydroxylation is 1. The highest BCUT2D eigenvalue weighted by Crippen LogP contribution is 2.23. The number of piperidine rings is 1. The van der Waals surface area contributed by atoms with E-state index in [2.05, 4.69) is 10.3 Å². The number of hydrogen-bond donors (Lipinski definition) is 1. The standard InChI is InChI=1S/C23H23N3O3/c27-20-8-7-19-14-16(15-24-23(19)25-20)6-9-21(28)26-12-10-18(11-13-26)22(29)17-4-2-1-3-5-17/h1-6,9,14-15,18H,7-8,10-13H2,(H,24,25,27)/b9-6+. The lowest BCUT2D eigenvalue weighted by Gasteiger charge is -2.30. The molecule has 1 fully saturated rings. The number of benzene rings is 1. The predicted octanol–water partition coefficient (Wildman–Crippen LogP) is 3.10. The first-order valence-electron chi connectivity index (χ1n) is 9.95. The molecule has 0 atom stereocenters. The van der Waals surface area contributed by atoms with E-state index < -0.39 is 0 Å². The lowest BCUT2D eigenvalue weighted by molar-refractivity contribution is -0.127. The number of ketones is 1. The zero-order valence-electron chi connectivity index (χ0n) is 16.1. The molecule has 0 bridgehead atoms. The molecule has 1 saturated heterocycles. The third-order valence-electron chi connectivity index (χ3n) is 5.52. The number of amides is 2. The van der Waals surface area contributed by atoms with Gasteiger partial charge >= 0.3 is 0 Å². The van der Waals surface area contributed by atoms with Crippen LogP contribution in [0.2, 0.25) is 0 Å². The molecule has 148 valence electrons. The van der Waals surface area contributed by atoms with Crippen molar-refractivity contribution >= 4 is 29.5 Å². The van der Waals surface area contributed by atoms with Gasteiger partial charge in [0.1, 0.15) is 5.82 Å². The highest BCUT2D eigenvalue weighted by molar-refractivity contribution is 5.98. The van der Waals surface area contributed by atoms with Crippen LogP contribution in [0.15, 0.2) is 48.7 Å². The fraction of sp³-hybridized carbons (Fsp3) is 0.304. The van der Waals surface area contributed by atoms with Gasteiger partial charge in [-0.2, -0.15) is 0 Å². The van der Waals surface area contributed by atoms with Gasteiger partial charge in [0, 0.05) is 43.3 Å². The number of Topliss-reactive ketones (excluding diaryl/α,β-unsaturated/α-hetero) is 1. The van der Waals surface area contributed by atoms with E-state index >= 15 is 0 Å². The number of nitrogens with zero attached hydrogens (tertiary/aromatic N) is 2. The van der Waals surface area contributed by atoms with E-state index in [1.165, 1.54) is 0 Å². The molecule has 0 radical (unpaired) electrons. The van der Waals surface area contributed by atoms with E-state index in [0.717, 1.165) is 16.7 Å². The van der Waals surface area contributed by atoms with Crippen LogP contribution < -0.4 is 5.32 Å². The normalized spacial score (nSPS) is 17.1. The molecule has 6 nitrogen and oxygen atoms in total. The fourth-order valence-electron chi connectivity index (χ4n) is 3.84. The highest BCUT2D eigenvalue weighted by atomic mass is 16.2. The molecular formula is C23H23N3O3. The summed E-state index contributed by atoms with van der Waals surface area (Å²) in [6, 6.07) is 11.3. The van der Waals surface area contributed by atoms with Crippen molar-refractivity contribution in [2.24, 2.45) is 5.92 Å². The molecule has 6 heteroatoms. The quantitative estimate of drug-likeness (QED) is 0.644. The second kappa shape index (κ2) is 8.39. The van der Waals surface area contributed by atoms with Crippen molar-refractivity contribution in [3.63, 3.8) is 0 Å². The van der Waals surface area contributed by atoms with Crippen LogP contribution in [0.3, 0.4) is 0 Å². The molecule has 2 aliphatic rings. The Labute approximate surface area is 169 Å². The van der Waals surface area contributed by atoms with Gasteiger partial charge < -0.3 is 10.2 Å². The van der Waals surface area contributed by atoms with Crippen molar-refractivity contribution in [2.45, 2.75) is 25.7 Å². The van der Waals surface area contributed by atoms with Crippen molar-refractivity contribution in [2.75, 3.05) is 18.4 Å². The molecule has 29 heavy (non-hydrogen) atoms. The van der Waals surface area contributed by atoms with E-state index in [9.17, 15) is 14.4 Å². The van der Waals surface area contributed by atoms with Crippen molar-refractivity contribution in [3.05, 3.63) is 65.4 Å². The predicted molar refractivity (Wildman–Crippen MR) is 110 cm³/mol. The Balaban J connectivity index is 1.33. The Kier molecular flexibility index (Phi) is 5.51. The molecule has 0 spiro atoms. The zero-order valence-corrected chi connectivity index (χ0v) is 16.1. The molecule has 2 aliphatic heterocycles. The second-order valence-corrected chi connectivity index (χ2v) is 7.49. The molecule has 1 aromatic heterocycles. The average Bonchev–Trinajstić information content (AvgIpc) is 2.77. The third kappa shape index (κ3) is 4.42. The van der Waals surface area contributed by atoms with Crippen LogP contribution in [-0.2, 0) is 16.0 Å². The lowest BCUT2D eigenvalue weighted by atomic mass is 9.89. The van der Waals surface area contributed by atoms with Gasteiger partial charge in [-0.05, 0) is 42.5 Å². The minimum absolute atomic E-state index is 0.0161. The smallest absolute Gasteiger partial charge is 0.246 e. The molecule has 0 saturated carbocycles. The highest BCUT2D eigenvalue weighted by Gasteiger charge is 2.27. The monoisotopic (exact) mass is 389 g/mol. The molecule has 0 aliphatic carbocycles. The second-order valence-electron chi connectivity index (χ2n) is 7.49. The van der Waals surface area contributed by atoms with Crippen molar-refractivity contribution in [1.29, 1.82) is 0 Å². The molecule has 1 aromatic carbocycles. The summed E-state index contributed by atoms with van der Waals surface area (Å²) in [5, 5.41) is 2.75. The van der Waals surface area contributed by atoms with E-state index in [1.54, 1.807) is 23.2 Å². The molecular weight excluding hydrogens is 366 g/mol. The van der Waals surface area contributed by atoms with Crippen LogP contribution in [0, 0.1) is 5.92 Å². The van der Waals surface area contributed by atoms with E-state index in [4.69, 9.17) is 0 Å². The third-order valence-corrected chi connectivity index (χ3v) is 5.52. The number of nitrogens with one attached hydrogen (secondary N) is 1. The van der Waals surface area contributed by atoms with Crippen LogP contribution >= 0.6 is 0 Å². The minimum atomic E-state index is -0.0540. The maximum Gasteiger partial charge on any atom is 0.246 e. The van der Waals surface area contributed by atoms with Crippen LogP contribution in [0.4, 0.5) is 5.82 Å². The van der Waals surface area contributed by atoms with Crippen molar-refractivity contribution in [3.8, 4) is 0 Å². The summed E-state index contributed by atoms with van der Waals surface area (Å²) in [5.74, 6) is 0.681. The summed E-state index contributed by atoms with van der Waals surface area (Å²) in [7, 11) is 0. The summed E-state index contributed by atoms with van der Waals surface area (Å²) in [4.78, 5) is 42.6. The average molecular weight is 389 g/mol. The summed E-state index contributed by atoms with van der Waals surface area (Å²) >= 11 is 0. The molecule has 4 rings (SSSR count). The Morgan fingerprint density at radius 3 is 2.62 bits per heavy atom. The number of carbonyl (C=O) groups is 3. The van der Waals surface area contributed by atoms with Crippen LogP contribution in [0.5, 0.6) is 0 Å². The summed E-state index contributed by atoms with van der Waals surface area (Å²) < 4.78 is 0. The summed E-state index contributed by atoms with van der Waals surface area (Å²) in [5.41, 5.74) is 2.56. The van der Waals surface area contributed by atoms with E-state index in [0.29, 0.717) is 44.6 Å². The van der Waals surface area contributed by atoms with Gasteiger partial charge in [-0.15, -0.1) is 0 Å². The first-order chi connectivity index (χ1) is 14.1. The Morgan fingerprint density at radius 2 is 1.86 bits per heavy atom. The number of fused-ring (bicyclic) bond motifs is 1. The van der Waals surface area contributed by atoms with Gasteiger partial charge in [0.25, 0.3) is 0 Å². The Morgan fingerprint density at radius 1 is 1.10 bits per heavy atom. The number of hydrogen-bond acceptors (Lipinski definition) is 4. The lowest BCUT2D eigenvalue weighted by Crippen LogP contribution is -2.39. The largest absolute Gasteiger partial charge is 0.339 e. The topological polar surface area (TPSA) is 79.4 Å². The Bertz CT molecular complexity index is 961. The van der Waals surface area contributed by atoms with Gasteiger partial charge in [0.05, 0.1) is 0 Å². The van der Waals surface area contributed by atoms with Crippen LogP contribution in [0.1, 0.15) is 40.7 Å². The molecule has 2 amide bonds. The number of likely N-dealkylation sites (tertiary alicyclic amines) is 1. The summed E-state index contributed by atoms with van der Waals surface area (Å²) in [6.45, 7) is 1.17. The fourth-order valence-corrected chi connectivity index (χ4v) is 3.84. The molecule has 2 aromatic rings. The van der Waals surface area contributed by atoms with Gasteiger partial charge in [0.2, 0.25) is 11.8 Å². The van der Waals surface area contributed by atoms with Crippen molar-refractivity contribution in [1.82, 2.24) is 9.88 Å². The number of aromatic nitrogens is 1. The first kappa shape index (κ1) is 19.1. The van der Waals surface area contributed by atoms with Gasteiger partial charge in [0.15, 0.2) is 5.78 Å². The van der Waals surface area contributed by atoms with E-state index in [-0.39, 0.29) is 23.5 Å². The number of anilines is 1. The van der Waals surface area contributed by atoms with Crippen LogP contribution in [0.25, 0.3) is 6.08 Å². The maximum absolute atomic E-state index is 12.6. The number of rotatable bonds is 4. The number of carbonyl (C=O) groups excluding carboxylic acids is 3. The molecule has 3 heterocycles. The molecule has 0 unspecified atom stereocenters. The maximum atomic E-state index is 12.6. The zero-order chi connectivity index (χ0) is 20.2.